The van der Waals surface area contributed by atoms with Crippen LogP contribution in [0.4, 0.5) is 0 Å². The van der Waals surface area contributed by atoms with E-state index < -0.39 is 5.60 Å². The van der Waals surface area contributed by atoms with Gasteiger partial charge < -0.3 is 10.1 Å². The van der Waals surface area contributed by atoms with E-state index in [9.17, 15) is 4.79 Å². The Bertz CT molecular complexity index is 231. The molecule has 0 aromatic heterocycles. The van der Waals surface area contributed by atoms with Crippen molar-refractivity contribution in [1.29, 1.82) is 5.26 Å². The molecule has 0 aromatic carbocycles. The van der Waals surface area contributed by atoms with Gasteiger partial charge in [0.1, 0.15) is 0 Å². The second-order valence-corrected chi connectivity index (χ2v) is 3.97. The molecule has 0 saturated carbocycles. The van der Waals surface area contributed by atoms with Gasteiger partial charge in [-0.2, -0.15) is 5.26 Å². The Morgan fingerprint density at radius 2 is 2.21 bits per heavy atom. The van der Waals surface area contributed by atoms with Crippen molar-refractivity contribution in [1.82, 2.24) is 5.32 Å². The summed E-state index contributed by atoms with van der Waals surface area (Å²) in [5, 5.41) is 11.2. The van der Waals surface area contributed by atoms with Crippen LogP contribution in [0, 0.1) is 17.2 Å². The predicted molar refractivity (Wildman–Crippen MR) is 53.5 cm³/mol. The summed E-state index contributed by atoms with van der Waals surface area (Å²) < 4.78 is 5.12. The highest BCUT2D eigenvalue weighted by Crippen LogP contribution is 2.12. The zero-order valence-electron chi connectivity index (χ0n) is 9.26. The van der Waals surface area contributed by atoms with Gasteiger partial charge in [-0.3, -0.25) is 4.79 Å². The molecule has 1 amide bonds. The van der Waals surface area contributed by atoms with Crippen molar-refractivity contribution in [3.8, 4) is 6.07 Å². The first-order chi connectivity index (χ1) is 6.41. The van der Waals surface area contributed by atoms with Crippen LogP contribution in [-0.4, -0.2) is 25.2 Å². The van der Waals surface area contributed by atoms with Crippen molar-refractivity contribution in [2.45, 2.75) is 32.8 Å². The average Bonchev–Trinajstić information content (AvgIpc) is 2.13. The fraction of sp³-hybridized carbons (Fsp3) is 0.800. The van der Waals surface area contributed by atoms with Crippen LogP contribution in [0.15, 0.2) is 0 Å². The van der Waals surface area contributed by atoms with Crippen molar-refractivity contribution in [2.75, 3.05) is 13.7 Å². The van der Waals surface area contributed by atoms with Gasteiger partial charge in [0.25, 0.3) is 0 Å². The number of hydrogen-bond acceptors (Lipinski definition) is 3. The maximum Gasteiger partial charge on any atom is 0.222 e. The number of nitrogens with zero attached hydrogens (tertiary/aromatic N) is 1. The summed E-state index contributed by atoms with van der Waals surface area (Å²) >= 11 is 0. The average molecular weight is 198 g/mol. The molecule has 1 N–H and O–H groups in total. The fourth-order valence-corrected chi connectivity index (χ4v) is 0.834. The van der Waals surface area contributed by atoms with Gasteiger partial charge in [-0.15, -0.1) is 0 Å². The Balaban J connectivity index is 3.83. The molecular formula is C10H18N2O2. The van der Waals surface area contributed by atoms with Crippen LogP contribution in [0.1, 0.15) is 27.2 Å². The molecule has 4 heteroatoms. The quantitative estimate of drug-likeness (QED) is 0.719. The first kappa shape index (κ1) is 12.9. The summed E-state index contributed by atoms with van der Waals surface area (Å²) in [5.41, 5.74) is -0.444. The van der Waals surface area contributed by atoms with Crippen LogP contribution in [-0.2, 0) is 9.53 Å². The van der Waals surface area contributed by atoms with E-state index >= 15 is 0 Å². The molecular weight excluding hydrogens is 180 g/mol. The lowest BCUT2D eigenvalue weighted by molar-refractivity contribution is -0.126. The van der Waals surface area contributed by atoms with Crippen LogP contribution in [0.25, 0.3) is 0 Å². The summed E-state index contributed by atoms with van der Waals surface area (Å²) in [6.07, 6.45) is 0.307. The Hall–Kier alpha value is -1.08. The van der Waals surface area contributed by atoms with Gasteiger partial charge in [-0.25, -0.2) is 0 Å². The lowest BCUT2D eigenvalue weighted by atomic mass is 10.0. The maximum absolute atomic E-state index is 11.3. The number of ether oxygens (including phenoxy) is 1. The molecule has 0 saturated heterocycles. The summed E-state index contributed by atoms with van der Waals surface area (Å²) in [7, 11) is 1.57. The third kappa shape index (κ3) is 5.55. The molecule has 80 valence electrons. The third-order valence-electron chi connectivity index (χ3n) is 1.96. The normalized spacial score (nSPS) is 13.1. The van der Waals surface area contributed by atoms with Crippen molar-refractivity contribution < 1.29 is 9.53 Å². The zero-order valence-corrected chi connectivity index (χ0v) is 9.26. The minimum absolute atomic E-state index is 0.0843. The number of rotatable bonds is 5. The molecule has 0 rings (SSSR count). The van der Waals surface area contributed by atoms with E-state index in [0.717, 1.165) is 0 Å². The number of hydrogen-bond donors (Lipinski definition) is 1. The van der Waals surface area contributed by atoms with E-state index in [2.05, 4.69) is 11.4 Å². The van der Waals surface area contributed by atoms with Gasteiger partial charge >= 0.3 is 0 Å². The molecule has 0 aromatic rings. The number of methoxy groups -OCH3 is 1. The van der Waals surface area contributed by atoms with Gasteiger partial charge in [-0.05, 0) is 20.8 Å². The van der Waals surface area contributed by atoms with E-state index in [1.54, 1.807) is 14.0 Å². The largest absolute Gasteiger partial charge is 0.378 e. The molecule has 0 aliphatic heterocycles. The standard InChI is InChI=1S/C10H18N2O2/c1-8(6-11)7-12-9(13)5-10(2,3)14-4/h8H,5,7H2,1-4H3,(H,12,13). The Morgan fingerprint density at radius 3 is 2.64 bits per heavy atom. The monoisotopic (exact) mass is 198 g/mol. The smallest absolute Gasteiger partial charge is 0.222 e. The van der Waals surface area contributed by atoms with Crippen LogP contribution >= 0.6 is 0 Å². The lowest BCUT2D eigenvalue weighted by Crippen LogP contribution is -2.35. The molecule has 0 aliphatic rings. The van der Waals surface area contributed by atoms with E-state index in [4.69, 9.17) is 10.00 Å². The second kappa shape index (κ2) is 5.61. The molecule has 14 heavy (non-hydrogen) atoms. The van der Waals surface area contributed by atoms with Crippen molar-refractivity contribution in [3.05, 3.63) is 0 Å². The second-order valence-electron chi connectivity index (χ2n) is 3.97. The molecule has 0 fully saturated rings. The Morgan fingerprint density at radius 1 is 1.64 bits per heavy atom. The number of carbonyl (C=O) groups is 1. The van der Waals surface area contributed by atoms with Gasteiger partial charge in [0.15, 0.2) is 0 Å². The maximum atomic E-state index is 11.3. The Labute approximate surface area is 85.2 Å². The number of nitriles is 1. The van der Waals surface area contributed by atoms with Gasteiger partial charge in [0.05, 0.1) is 24.0 Å². The summed E-state index contributed by atoms with van der Waals surface area (Å²) in [6, 6.07) is 2.05. The summed E-state index contributed by atoms with van der Waals surface area (Å²) in [4.78, 5) is 11.3. The molecule has 0 heterocycles. The van der Waals surface area contributed by atoms with Crippen LogP contribution < -0.4 is 5.32 Å². The molecule has 0 spiro atoms. The molecule has 0 radical (unpaired) electrons. The first-order valence-electron chi connectivity index (χ1n) is 4.63. The van der Waals surface area contributed by atoms with Crippen molar-refractivity contribution in [3.63, 3.8) is 0 Å². The van der Waals surface area contributed by atoms with Crippen molar-refractivity contribution >= 4 is 5.91 Å². The van der Waals surface area contributed by atoms with Gasteiger partial charge in [0, 0.05) is 13.7 Å². The van der Waals surface area contributed by atoms with E-state index in [0.29, 0.717) is 13.0 Å². The van der Waals surface area contributed by atoms with Gasteiger partial charge in [-0.1, -0.05) is 0 Å². The SMILES string of the molecule is COC(C)(C)CC(=O)NCC(C)C#N. The first-order valence-corrected chi connectivity index (χ1v) is 4.63. The third-order valence-corrected chi connectivity index (χ3v) is 1.96. The molecule has 1 atom stereocenters. The van der Waals surface area contributed by atoms with E-state index in [-0.39, 0.29) is 11.8 Å². The van der Waals surface area contributed by atoms with Gasteiger partial charge in [0.2, 0.25) is 5.91 Å². The molecule has 0 aliphatic carbocycles. The number of nitrogens with one attached hydrogen (secondary N) is 1. The van der Waals surface area contributed by atoms with Crippen LogP contribution in [0.5, 0.6) is 0 Å². The minimum atomic E-state index is -0.444. The number of carbonyl (C=O) groups excluding carboxylic acids is 1. The highest BCUT2D eigenvalue weighted by atomic mass is 16.5. The van der Waals surface area contributed by atoms with Crippen LogP contribution in [0.2, 0.25) is 0 Å². The highest BCUT2D eigenvalue weighted by Gasteiger charge is 2.20. The van der Waals surface area contributed by atoms with E-state index in [1.165, 1.54) is 0 Å². The summed E-state index contributed by atoms with van der Waals surface area (Å²) in [6.45, 7) is 5.86. The minimum Gasteiger partial charge on any atom is -0.378 e. The number of amides is 1. The van der Waals surface area contributed by atoms with Crippen molar-refractivity contribution in [2.24, 2.45) is 5.92 Å². The highest BCUT2D eigenvalue weighted by molar-refractivity contribution is 5.76. The fourth-order valence-electron chi connectivity index (χ4n) is 0.834. The van der Waals surface area contributed by atoms with Crippen LogP contribution in [0.3, 0.4) is 0 Å². The van der Waals surface area contributed by atoms with E-state index in [1.807, 2.05) is 13.8 Å². The zero-order chi connectivity index (χ0) is 11.2. The Kier molecular flexibility index (Phi) is 5.18. The molecule has 4 nitrogen and oxygen atoms in total. The summed E-state index contributed by atoms with van der Waals surface area (Å²) in [5.74, 6) is -0.233. The molecule has 1 unspecified atom stereocenters. The lowest BCUT2D eigenvalue weighted by Gasteiger charge is -2.22. The molecule has 0 bridgehead atoms. The predicted octanol–water partition coefficient (Wildman–Crippen LogP) is 1.08. The topological polar surface area (TPSA) is 62.1 Å².